The van der Waals surface area contributed by atoms with E-state index < -0.39 is 0 Å². The predicted octanol–water partition coefficient (Wildman–Crippen LogP) is 2.45. The molecular weight excluding hydrogens is 202 g/mol. The maximum absolute atomic E-state index is 12.0. The number of carbonyl (C=O) groups is 1. The summed E-state index contributed by atoms with van der Waals surface area (Å²) in [4.78, 5) is 13.8. The Kier molecular flexibility index (Phi) is 5.81. The Labute approximate surface area is 99.1 Å². The van der Waals surface area contributed by atoms with Crippen LogP contribution in [-0.2, 0) is 9.53 Å². The van der Waals surface area contributed by atoms with E-state index in [4.69, 9.17) is 4.74 Å². The van der Waals surface area contributed by atoms with Crippen molar-refractivity contribution in [2.45, 2.75) is 52.6 Å². The van der Waals surface area contributed by atoms with Crippen molar-refractivity contribution in [1.82, 2.24) is 4.90 Å². The van der Waals surface area contributed by atoms with Gasteiger partial charge in [0.05, 0.1) is 18.6 Å². The van der Waals surface area contributed by atoms with Crippen LogP contribution in [0.3, 0.4) is 0 Å². The molecule has 94 valence electrons. The van der Waals surface area contributed by atoms with E-state index in [1.54, 1.807) is 0 Å². The van der Waals surface area contributed by atoms with Gasteiger partial charge in [0.1, 0.15) is 0 Å². The molecule has 0 spiro atoms. The SMILES string of the molecule is CCN(CC)C(=O)C(C)COC1CCCC1. The van der Waals surface area contributed by atoms with E-state index in [1.165, 1.54) is 25.7 Å². The number of nitrogens with zero attached hydrogens (tertiary/aromatic N) is 1. The Balaban J connectivity index is 2.27. The first-order chi connectivity index (χ1) is 7.69. The standard InChI is InChI=1S/C13H25NO2/c1-4-14(5-2)13(15)11(3)10-16-12-8-6-7-9-12/h11-12H,4-10H2,1-3H3. The van der Waals surface area contributed by atoms with Crippen LogP contribution in [0.25, 0.3) is 0 Å². The molecule has 0 aromatic heterocycles. The lowest BCUT2D eigenvalue weighted by molar-refractivity contribution is -0.137. The van der Waals surface area contributed by atoms with Crippen molar-refractivity contribution < 1.29 is 9.53 Å². The van der Waals surface area contributed by atoms with Gasteiger partial charge in [-0.3, -0.25) is 4.79 Å². The Hall–Kier alpha value is -0.570. The molecule has 0 bridgehead atoms. The van der Waals surface area contributed by atoms with Crippen molar-refractivity contribution in [2.75, 3.05) is 19.7 Å². The van der Waals surface area contributed by atoms with Gasteiger partial charge in [-0.05, 0) is 26.7 Å². The third-order valence-corrected chi connectivity index (χ3v) is 3.38. The summed E-state index contributed by atoms with van der Waals surface area (Å²) >= 11 is 0. The predicted molar refractivity (Wildman–Crippen MR) is 65.3 cm³/mol. The van der Waals surface area contributed by atoms with E-state index in [9.17, 15) is 4.79 Å². The lowest BCUT2D eigenvalue weighted by Crippen LogP contribution is -2.37. The molecular formula is C13H25NO2. The second-order valence-corrected chi connectivity index (χ2v) is 4.65. The van der Waals surface area contributed by atoms with Crippen LogP contribution in [0.5, 0.6) is 0 Å². The number of ether oxygens (including phenoxy) is 1. The minimum absolute atomic E-state index is 0.000463. The van der Waals surface area contributed by atoms with Crippen LogP contribution in [0.4, 0.5) is 0 Å². The lowest BCUT2D eigenvalue weighted by atomic mass is 10.1. The van der Waals surface area contributed by atoms with Crippen LogP contribution in [0.1, 0.15) is 46.5 Å². The summed E-state index contributed by atoms with van der Waals surface area (Å²) in [7, 11) is 0. The van der Waals surface area contributed by atoms with Crippen LogP contribution >= 0.6 is 0 Å². The van der Waals surface area contributed by atoms with Crippen molar-refractivity contribution in [3.8, 4) is 0 Å². The molecule has 0 aromatic carbocycles. The molecule has 1 amide bonds. The van der Waals surface area contributed by atoms with E-state index in [0.29, 0.717) is 12.7 Å². The molecule has 0 radical (unpaired) electrons. The molecule has 0 saturated heterocycles. The first kappa shape index (κ1) is 13.5. The number of carbonyl (C=O) groups excluding carboxylic acids is 1. The van der Waals surface area contributed by atoms with Crippen LogP contribution in [0, 0.1) is 5.92 Å². The van der Waals surface area contributed by atoms with Crippen LogP contribution in [0.15, 0.2) is 0 Å². The van der Waals surface area contributed by atoms with Gasteiger partial charge in [-0.15, -0.1) is 0 Å². The molecule has 0 aliphatic heterocycles. The molecule has 1 rings (SSSR count). The average molecular weight is 227 g/mol. The van der Waals surface area contributed by atoms with Gasteiger partial charge in [0.15, 0.2) is 0 Å². The molecule has 1 atom stereocenters. The highest BCUT2D eigenvalue weighted by Gasteiger charge is 2.21. The summed E-state index contributed by atoms with van der Waals surface area (Å²) < 4.78 is 5.78. The van der Waals surface area contributed by atoms with Gasteiger partial charge < -0.3 is 9.64 Å². The molecule has 16 heavy (non-hydrogen) atoms. The largest absolute Gasteiger partial charge is 0.377 e. The average Bonchev–Trinajstić information content (AvgIpc) is 2.80. The zero-order valence-corrected chi connectivity index (χ0v) is 10.9. The van der Waals surface area contributed by atoms with Crippen molar-refractivity contribution in [3.63, 3.8) is 0 Å². The van der Waals surface area contributed by atoms with Crippen molar-refractivity contribution in [3.05, 3.63) is 0 Å². The monoisotopic (exact) mass is 227 g/mol. The van der Waals surface area contributed by atoms with E-state index in [2.05, 4.69) is 0 Å². The lowest BCUT2D eigenvalue weighted by Gasteiger charge is -2.23. The third-order valence-electron chi connectivity index (χ3n) is 3.38. The fourth-order valence-electron chi connectivity index (χ4n) is 2.25. The minimum Gasteiger partial charge on any atom is -0.377 e. The summed E-state index contributed by atoms with van der Waals surface area (Å²) in [6.07, 6.45) is 5.32. The number of amides is 1. The van der Waals surface area contributed by atoms with Crippen molar-refractivity contribution in [1.29, 1.82) is 0 Å². The van der Waals surface area contributed by atoms with Gasteiger partial charge in [-0.1, -0.05) is 19.8 Å². The number of hydrogen-bond acceptors (Lipinski definition) is 2. The number of rotatable bonds is 6. The summed E-state index contributed by atoms with van der Waals surface area (Å²) in [6.45, 7) is 8.18. The van der Waals surface area contributed by atoms with Crippen LogP contribution in [-0.4, -0.2) is 36.6 Å². The van der Waals surface area contributed by atoms with Crippen molar-refractivity contribution in [2.24, 2.45) is 5.92 Å². The number of hydrogen-bond donors (Lipinski definition) is 0. The van der Waals surface area contributed by atoms with Gasteiger partial charge in [0.25, 0.3) is 0 Å². The fraction of sp³-hybridized carbons (Fsp3) is 0.923. The second kappa shape index (κ2) is 6.89. The van der Waals surface area contributed by atoms with Gasteiger partial charge in [-0.25, -0.2) is 0 Å². The summed E-state index contributed by atoms with van der Waals surface area (Å²) in [5.41, 5.74) is 0. The highest BCUT2D eigenvalue weighted by Crippen LogP contribution is 2.21. The van der Waals surface area contributed by atoms with Gasteiger partial charge in [-0.2, -0.15) is 0 Å². The van der Waals surface area contributed by atoms with Gasteiger partial charge in [0, 0.05) is 13.1 Å². The topological polar surface area (TPSA) is 29.5 Å². The van der Waals surface area contributed by atoms with Gasteiger partial charge in [0.2, 0.25) is 5.91 Å². The van der Waals surface area contributed by atoms with E-state index >= 15 is 0 Å². The molecule has 1 unspecified atom stereocenters. The van der Waals surface area contributed by atoms with E-state index in [0.717, 1.165) is 13.1 Å². The van der Waals surface area contributed by atoms with E-state index in [1.807, 2.05) is 25.7 Å². The maximum Gasteiger partial charge on any atom is 0.227 e. The quantitative estimate of drug-likeness (QED) is 0.697. The first-order valence-corrected chi connectivity index (χ1v) is 6.59. The third kappa shape index (κ3) is 3.78. The Morgan fingerprint density at radius 3 is 2.38 bits per heavy atom. The Morgan fingerprint density at radius 1 is 1.31 bits per heavy atom. The second-order valence-electron chi connectivity index (χ2n) is 4.65. The normalized spacial score (nSPS) is 18.7. The summed E-state index contributed by atoms with van der Waals surface area (Å²) in [6, 6.07) is 0. The van der Waals surface area contributed by atoms with Crippen molar-refractivity contribution >= 4 is 5.91 Å². The molecule has 1 fully saturated rings. The van der Waals surface area contributed by atoms with Crippen LogP contribution in [0.2, 0.25) is 0 Å². The molecule has 1 aliphatic rings. The molecule has 0 N–H and O–H groups in total. The molecule has 1 aliphatic carbocycles. The first-order valence-electron chi connectivity index (χ1n) is 6.59. The van der Waals surface area contributed by atoms with E-state index in [-0.39, 0.29) is 11.8 Å². The molecule has 0 aromatic rings. The van der Waals surface area contributed by atoms with Crippen LogP contribution < -0.4 is 0 Å². The summed E-state index contributed by atoms with van der Waals surface area (Å²) in [5, 5.41) is 0. The highest BCUT2D eigenvalue weighted by atomic mass is 16.5. The fourth-order valence-corrected chi connectivity index (χ4v) is 2.25. The zero-order chi connectivity index (χ0) is 12.0. The highest BCUT2D eigenvalue weighted by molar-refractivity contribution is 5.78. The summed E-state index contributed by atoms with van der Waals surface area (Å²) in [5.74, 6) is 0.225. The van der Waals surface area contributed by atoms with Gasteiger partial charge >= 0.3 is 0 Å². The minimum atomic E-state index is 0.000463. The molecule has 1 saturated carbocycles. The Bertz CT molecular complexity index is 208. The maximum atomic E-state index is 12.0. The molecule has 0 heterocycles. The Morgan fingerprint density at radius 2 is 1.88 bits per heavy atom. The molecule has 3 nitrogen and oxygen atoms in total. The smallest absolute Gasteiger partial charge is 0.227 e. The molecule has 3 heteroatoms. The zero-order valence-electron chi connectivity index (χ0n) is 10.9.